The summed E-state index contributed by atoms with van der Waals surface area (Å²) in [5.74, 6) is -1.02. The van der Waals surface area contributed by atoms with E-state index in [9.17, 15) is 19.2 Å². The van der Waals surface area contributed by atoms with Crippen molar-refractivity contribution in [3.8, 4) is 11.5 Å². The third-order valence-corrected chi connectivity index (χ3v) is 5.23. The molecule has 1 N–H and O–H groups in total. The lowest BCUT2D eigenvalue weighted by atomic mass is 10.1. The second-order valence-corrected chi connectivity index (χ2v) is 7.46. The van der Waals surface area contributed by atoms with Crippen molar-refractivity contribution < 1.29 is 57.4 Å². The fraction of sp³-hybridized carbons (Fsp3) is 0.304. The monoisotopic (exact) mass is 488 g/mol. The van der Waals surface area contributed by atoms with Crippen LogP contribution in [0.3, 0.4) is 0 Å². The molecule has 0 aliphatic carbocycles. The average molecular weight is 488 g/mol. The van der Waals surface area contributed by atoms with Crippen LogP contribution in [0.1, 0.15) is 20.7 Å². The summed E-state index contributed by atoms with van der Waals surface area (Å²) in [5, 5.41) is 8.62. The number of carbonyl (C=O) groups excluding carboxylic acids is 3. The van der Waals surface area contributed by atoms with Gasteiger partial charge in [-0.1, -0.05) is 0 Å². The Kier molecular flexibility index (Phi) is 7.13. The molecule has 4 unspecified atom stereocenters. The molecule has 12 heteroatoms. The minimum absolute atomic E-state index is 0.0505. The van der Waals surface area contributed by atoms with E-state index < -0.39 is 48.7 Å². The Balaban J connectivity index is 1.30. The number of ether oxygens (including phenoxy) is 7. The van der Waals surface area contributed by atoms with Gasteiger partial charge in [0, 0.05) is 0 Å². The molecule has 4 atom stereocenters. The Morgan fingerprint density at radius 3 is 1.57 bits per heavy atom. The number of carboxylic acid groups (broad SMARTS) is 1. The van der Waals surface area contributed by atoms with Crippen LogP contribution in [0.5, 0.6) is 11.5 Å². The van der Waals surface area contributed by atoms with Gasteiger partial charge in [0.1, 0.15) is 23.7 Å². The molecule has 2 aromatic rings. The Morgan fingerprint density at radius 1 is 0.743 bits per heavy atom. The lowest BCUT2D eigenvalue weighted by Gasteiger charge is -2.17. The van der Waals surface area contributed by atoms with Crippen LogP contribution in [0, 0.1) is 0 Å². The smallest absolute Gasteiger partial charge is 0.453 e. The first-order chi connectivity index (χ1) is 16.8. The summed E-state index contributed by atoms with van der Waals surface area (Å²) in [7, 11) is 1.18. The van der Waals surface area contributed by atoms with Gasteiger partial charge >= 0.3 is 24.2 Å². The Bertz CT molecular complexity index is 1090. The molecule has 35 heavy (non-hydrogen) atoms. The van der Waals surface area contributed by atoms with E-state index >= 15 is 0 Å². The standard InChI is InChI=1S/C23H20O12/c1-29-23(28)33-15-8-4-13(5-9-15)21(25)35-17-11-31-18-16(10-30-19(17)18)34-20(24)12-2-6-14(7-3-12)32-22(26)27/h2-9,16-19H,10-11H2,1H3,(H,26,27). The minimum atomic E-state index is -1.47. The Morgan fingerprint density at radius 2 is 1.17 bits per heavy atom. The van der Waals surface area contributed by atoms with E-state index in [1.165, 1.54) is 55.6 Å². The molecular weight excluding hydrogens is 468 g/mol. The fourth-order valence-electron chi connectivity index (χ4n) is 3.60. The average Bonchev–Trinajstić information content (AvgIpc) is 3.42. The maximum absolute atomic E-state index is 12.5. The molecule has 2 aliphatic heterocycles. The molecule has 0 amide bonds. The fourth-order valence-corrected chi connectivity index (χ4v) is 3.60. The van der Waals surface area contributed by atoms with E-state index in [4.69, 9.17) is 28.8 Å². The minimum Gasteiger partial charge on any atom is -0.453 e. The normalized spacial score (nSPS) is 22.5. The third kappa shape index (κ3) is 5.67. The molecule has 4 rings (SSSR count). The maximum atomic E-state index is 12.5. The molecular formula is C23H20O12. The van der Waals surface area contributed by atoms with Crippen molar-refractivity contribution in [3.05, 3.63) is 59.7 Å². The summed E-state index contributed by atoms with van der Waals surface area (Å²) >= 11 is 0. The summed E-state index contributed by atoms with van der Waals surface area (Å²) in [6.07, 6.45) is -5.03. The van der Waals surface area contributed by atoms with Crippen molar-refractivity contribution in [1.29, 1.82) is 0 Å². The highest BCUT2D eigenvalue weighted by molar-refractivity contribution is 5.90. The summed E-state index contributed by atoms with van der Waals surface area (Å²) < 4.78 is 36.1. The predicted molar refractivity (Wildman–Crippen MR) is 112 cm³/mol. The van der Waals surface area contributed by atoms with Crippen molar-refractivity contribution >= 4 is 24.2 Å². The summed E-state index contributed by atoms with van der Waals surface area (Å²) in [4.78, 5) is 46.7. The second-order valence-electron chi connectivity index (χ2n) is 7.46. The zero-order valence-corrected chi connectivity index (χ0v) is 18.3. The summed E-state index contributed by atoms with van der Waals surface area (Å²) in [5.41, 5.74) is 0.411. The van der Waals surface area contributed by atoms with Crippen molar-refractivity contribution in [3.63, 3.8) is 0 Å². The van der Waals surface area contributed by atoms with Crippen molar-refractivity contribution in [2.45, 2.75) is 24.4 Å². The van der Waals surface area contributed by atoms with Gasteiger partial charge in [-0.05, 0) is 48.5 Å². The van der Waals surface area contributed by atoms with E-state index in [0.29, 0.717) is 0 Å². The van der Waals surface area contributed by atoms with E-state index in [0.717, 1.165) is 0 Å². The van der Waals surface area contributed by atoms with Crippen molar-refractivity contribution in [1.82, 2.24) is 0 Å². The first-order valence-corrected chi connectivity index (χ1v) is 10.4. The van der Waals surface area contributed by atoms with Crippen LogP contribution in [0.25, 0.3) is 0 Å². The molecule has 2 fully saturated rings. The summed E-state index contributed by atoms with van der Waals surface area (Å²) in [6.45, 7) is 0.106. The molecule has 0 aromatic heterocycles. The first-order valence-electron chi connectivity index (χ1n) is 10.4. The van der Waals surface area contributed by atoms with Crippen LogP contribution in [0.15, 0.2) is 48.5 Å². The molecule has 2 saturated heterocycles. The highest BCUT2D eigenvalue weighted by Gasteiger charge is 2.51. The molecule has 2 aliphatic rings. The first kappa shape index (κ1) is 24.0. The number of esters is 2. The molecule has 0 bridgehead atoms. The van der Waals surface area contributed by atoms with Crippen LogP contribution >= 0.6 is 0 Å². The quantitative estimate of drug-likeness (QED) is 0.361. The number of fused-ring (bicyclic) bond motifs is 1. The molecule has 12 nitrogen and oxygen atoms in total. The molecule has 0 spiro atoms. The van der Waals surface area contributed by atoms with Crippen molar-refractivity contribution in [2.24, 2.45) is 0 Å². The zero-order valence-electron chi connectivity index (χ0n) is 18.3. The molecule has 0 saturated carbocycles. The number of methoxy groups -OCH3 is 1. The van der Waals surface area contributed by atoms with Crippen LogP contribution in [0.4, 0.5) is 9.59 Å². The molecule has 2 heterocycles. The van der Waals surface area contributed by atoms with Gasteiger partial charge in [0.2, 0.25) is 0 Å². The third-order valence-electron chi connectivity index (χ3n) is 5.23. The SMILES string of the molecule is COC(=O)Oc1ccc(C(=O)OC2COC3C(OC(=O)c4ccc(OC(=O)O)cc4)COC23)cc1. The maximum Gasteiger partial charge on any atom is 0.513 e. The van der Waals surface area contributed by atoms with Gasteiger partial charge in [0.25, 0.3) is 0 Å². The lowest BCUT2D eigenvalue weighted by Crippen LogP contribution is -2.36. The van der Waals surface area contributed by atoms with E-state index in [1.807, 2.05) is 0 Å². The summed E-state index contributed by atoms with van der Waals surface area (Å²) in [6, 6.07) is 11.1. The number of carbonyl (C=O) groups is 4. The van der Waals surface area contributed by atoms with Crippen LogP contribution in [0.2, 0.25) is 0 Å². The van der Waals surface area contributed by atoms with Crippen molar-refractivity contribution in [2.75, 3.05) is 20.3 Å². The molecule has 0 radical (unpaired) electrons. The van der Waals surface area contributed by atoms with Crippen LogP contribution < -0.4 is 9.47 Å². The second kappa shape index (κ2) is 10.4. The van der Waals surface area contributed by atoms with Gasteiger partial charge in [-0.3, -0.25) is 0 Å². The zero-order chi connectivity index (χ0) is 24.9. The van der Waals surface area contributed by atoms with Gasteiger partial charge in [-0.25, -0.2) is 19.2 Å². The molecule has 184 valence electrons. The number of benzene rings is 2. The number of rotatable bonds is 6. The van der Waals surface area contributed by atoms with Crippen LogP contribution in [-0.2, 0) is 23.7 Å². The lowest BCUT2D eigenvalue weighted by molar-refractivity contribution is -0.0287. The van der Waals surface area contributed by atoms with E-state index in [-0.39, 0.29) is 35.8 Å². The number of hydrogen-bond acceptors (Lipinski definition) is 11. The van der Waals surface area contributed by atoms with E-state index in [1.54, 1.807) is 0 Å². The predicted octanol–water partition coefficient (Wildman–Crippen LogP) is 2.44. The van der Waals surface area contributed by atoms with E-state index in [2.05, 4.69) is 9.47 Å². The van der Waals surface area contributed by atoms with Gasteiger partial charge in [-0.15, -0.1) is 0 Å². The Labute approximate surface area is 198 Å². The topological polar surface area (TPSA) is 153 Å². The Hall–Kier alpha value is -4.16. The highest BCUT2D eigenvalue weighted by Crippen LogP contribution is 2.31. The largest absolute Gasteiger partial charge is 0.513 e. The van der Waals surface area contributed by atoms with Gasteiger partial charge in [0.15, 0.2) is 12.2 Å². The van der Waals surface area contributed by atoms with Gasteiger partial charge < -0.3 is 38.3 Å². The molecule has 2 aromatic carbocycles. The number of hydrogen-bond donors (Lipinski definition) is 1. The van der Waals surface area contributed by atoms with Crippen LogP contribution in [-0.4, -0.2) is 74.1 Å². The van der Waals surface area contributed by atoms with Gasteiger partial charge in [0.05, 0.1) is 31.5 Å². The van der Waals surface area contributed by atoms with Gasteiger partial charge in [-0.2, -0.15) is 0 Å². The highest BCUT2D eigenvalue weighted by atomic mass is 16.7.